The van der Waals surface area contributed by atoms with Gasteiger partial charge in [0.25, 0.3) is 5.91 Å². The molecule has 0 radical (unpaired) electrons. The number of amides is 2. The number of fused-ring (bicyclic) bond motifs is 2. The van der Waals surface area contributed by atoms with E-state index in [0.717, 1.165) is 15.6 Å². The van der Waals surface area contributed by atoms with Crippen molar-refractivity contribution in [3.8, 4) is 0 Å². The average Bonchev–Trinajstić information content (AvgIpc) is 3.05. The molecule has 0 aliphatic carbocycles. The molecule has 0 spiro atoms. The van der Waals surface area contributed by atoms with E-state index < -0.39 is 17.4 Å². The summed E-state index contributed by atoms with van der Waals surface area (Å²) in [6.07, 6.45) is 5.81. The smallest absolute Gasteiger partial charge is 0.264 e. The Labute approximate surface area is 208 Å². The fourth-order valence-corrected chi connectivity index (χ4v) is 5.26. The Bertz CT molecular complexity index is 1150. The van der Waals surface area contributed by atoms with Gasteiger partial charge in [-0.05, 0) is 35.7 Å². The van der Waals surface area contributed by atoms with Gasteiger partial charge in [0.1, 0.15) is 0 Å². The van der Waals surface area contributed by atoms with Gasteiger partial charge >= 0.3 is 0 Å². The lowest BCUT2D eigenvalue weighted by atomic mass is 9.83. The number of hydrogen-bond donors (Lipinski definition) is 2. The number of rotatable bonds is 7. The molecule has 2 amide bonds. The van der Waals surface area contributed by atoms with Crippen LogP contribution in [0.2, 0.25) is 0 Å². The molecule has 2 aromatic carbocycles. The van der Waals surface area contributed by atoms with Crippen LogP contribution in [0.5, 0.6) is 0 Å². The molecule has 2 aliphatic rings. The lowest BCUT2D eigenvalue weighted by molar-refractivity contribution is -0.139. The van der Waals surface area contributed by atoms with E-state index in [1.165, 1.54) is 4.90 Å². The molecule has 0 bridgehead atoms. The summed E-state index contributed by atoms with van der Waals surface area (Å²) in [5.41, 5.74) is 1.70. The van der Waals surface area contributed by atoms with E-state index in [9.17, 15) is 19.8 Å². The van der Waals surface area contributed by atoms with Crippen LogP contribution in [-0.2, 0) is 28.2 Å². The molecule has 0 fully saturated rings. The molecule has 0 aromatic heterocycles. The zero-order valence-corrected chi connectivity index (χ0v) is 20.7. The van der Waals surface area contributed by atoms with Crippen LogP contribution < -0.4 is 4.90 Å². The summed E-state index contributed by atoms with van der Waals surface area (Å²) in [5.74, 6) is -1.07. The molecule has 2 N–H and O–H groups in total. The van der Waals surface area contributed by atoms with Crippen molar-refractivity contribution in [2.24, 2.45) is 5.92 Å². The molecule has 2 aliphatic heterocycles. The number of halogens is 1. The molecule has 34 heavy (non-hydrogen) atoms. The summed E-state index contributed by atoms with van der Waals surface area (Å²) < 4.78 is 0.768. The van der Waals surface area contributed by atoms with Crippen molar-refractivity contribution in [1.82, 2.24) is 4.90 Å². The molecule has 178 valence electrons. The van der Waals surface area contributed by atoms with Crippen LogP contribution in [0.3, 0.4) is 0 Å². The minimum atomic E-state index is -1.74. The van der Waals surface area contributed by atoms with Crippen LogP contribution in [0.25, 0.3) is 0 Å². The molecule has 2 heterocycles. The van der Waals surface area contributed by atoms with Gasteiger partial charge in [0.05, 0.1) is 18.3 Å². The Morgan fingerprint density at radius 3 is 2.74 bits per heavy atom. The molecular weight excluding hydrogens is 496 g/mol. The standard InChI is InChI=1S/C27H29BrN2O4/c1-3-13-29-24-12-11-21(28)15-23(24)27(34,26(29)33)18(2)7-6-10-25(32)30-16-20-9-5-4-8-19(20)14-22(30)17-31/h3-9,11-12,15,18,22,31,34H,1,10,13-14,16-17H2,2H3/b7-6+/t18-,22+,27+/m1/s1. The topological polar surface area (TPSA) is 81.1 Å². The molecule has 0 saturated heterocycles. The number of aliphatic hydroxyl groups excluding tert-OH is 1. The predicted molar refractivity (Wildman–Crippen MR) is 135 cm³/mol. The largest absolute Gasteiger partial charge is 0.394 e. The van der Waals surface area contributed by atoms with E-state index in [0.29, 0.717) is 30.8 Å². The van der Waals surface area contributed by atoms with Gasteiger partial charge in [-0.2, -0.15) is 0 Å². The zero-order valence-electron chi connectivity index (χ0n) is 19.2. The molecule has 6 nitrogen and oxygen atoms in total. The van der Waals surface area contributed by atoms with Crippen molar-refractivity contribution < 1.29 is 19.8 Å². The molecule has 4 rings (SSSR count). The lowest BCUT2D eigenvalue weighted by Crippen LogP contribution is -2.46. The molecular formula is C27H29BrN2O4. The number of aliphatic hydroxyl groups is 2. The summed E-state index contributed by atoms with van der Waals surface area (Å²) in [7, 11) is 0. The van der Waals surface area contributed by atoms with Crippen molar-refractivity contribution in [1.29, 1.82) is 0 Å². The third-order valence-corrected chi connectivity index (χ3v) is 7.30. The van der Waals surface area contributed by atoms with Crippen LogP contribution >= 0.6 is 15.9 Å². The van der Waals surface area contributed by atoms with Crippen LogP contribution in [0, 0.1) is 5.92 Å². The highest BCUT2D eigenvalue weighted by Gasteiger charge is 2.52. The zero-order chi connectivity index (χ0) is 24.5. The van der Waals surface area contributed by atoms with E-state index in [2.05, 4.69) is 22.5 Å². The fourth-order valence-electron chi connectivity index (χ4n) is 4.90. The summed E-state index contributed by atoms with van der Waals surface area (Å²) in [6.45, 7) is 6.16. The summed E-state index contributed by atoms with van der Waals surface area (Å²) in [6, 6.07) is 13.1. The third-order valence-electron chi connectivity index (χ3n) is 6.81. The molecule has 2 aromatic rings. The molecule has 0 unspecified atom stereocenters. The second-order valence-electron chi connectivity index (χ2n) is 8.88. The van der Waals surface area contributed by atoms with Crippen molar-refractivity contribution in [3.63, 3.8) is 0 Å². The summed E-state index contributed by atoms with van der Waals surface area (Å²) >= 11 is 3.43. The number of anilines is 1. The van der Waals surface area contributed by atoms with Gasteiger partial charge in [-0.1, -0.05) is 65.3 Å². The van der Waals surface area contributed by atoms with Gasteiger partial charge in [-0.25, -0.2) is 0 Å². The van der Waals surface area contributed by atoms with Crippen LogP contribution in [0.4, 0.5) is 5.69 Å². The Morgan fingerprint density at radius 1 is 1.29 bits per heavy atom. The van der Waals surface area contributed by atoms with E-state index in [1.54, 1.807) is 36.1 Å². The van der Waals surface area contributed by atoms with Crippen LogP contribution in [-0.4, -0.2) is 46.1 Å². The second-order valence-corrected chi connectivity index (χ2v) is 9.80. The lowest BCUT2D eigenvalue weighted by Gasteiger charge is -2.36. The average molecular weight is 525 g/mol. The van der Waals surface area contributed by atoms with E-state index in [1.807, 2.05) is 36.4 Å². The first-order valence-electron chi connectivity index (χ1n) is 11.4. The van der Waals surface area contributed by atoms with Gasteiger partial charge < -0.3 is 20.0 Å². The Morgan fingerprint density at radius 2 is 2.03 bits per heavy atom. The number of benzene rings is 2. The van der Waals surface area contributed by atoms with Crippen molar-refractivity contribution in [2.45, 2.75) is 38.0 Å². The first-order valence-corrected chi connectivity index (χ1v) is 12.2. The number of carbonyl (C=O) groups excluding carboxylic acids is 2. The van der Waals surface area contributed by atoms with E-state index >= 15 is 0 Å². The maximum Gasteiger partial charge on any atom is 0.264 e. The normalized spacial score (nSPS) is 22.6. The Kier molecular flexibility index (Phi) is 7.07. The van der Waals surface area contributed by atoms with Gasteiger partial charge in [-0.15, -0.1) is 6.58 Å². The Balaban J connectivity index is 1.51. The minimum absolute atomic E-state index is 0.0980. The van der Waals surface area contributed by atoms with Crippen molar-refractivity contribution in [3.05, 3.63) is 88.4 Å². The van der Waals surface area contributed by atoms with Crippen molar-refractivity contribution in [2.75, 3.05) is 18.1 Å². The van der Waals surface area contributed by atoms with E-state index in [4.69, 9.17) is 0 Å². The van der Waals surface area contributed by atoms with Crippen LogP contribution in [0.15, 0.2) is 71.7 Å². The first kappa shape index (κ1) is 24.4. The first-order chi connectivity index (χ1) is 16.3. The fraction of sp³-hybridized carbons (Fsp3) is 0.333. The quantitative estimate of drug-likeness (QED) is 0.541. The van der Waals surface area contributed by atoms with Gasteiger partial charge in [0.2, 0.25) is 5.91 Å². The highest BCUT2D eigenvalue weighted by Crippen LogP contribution is 2.46. The SMILES string of the molecule is C=CCN1C(=O)[C@](O)([C@H](C)/C=C/CC(=O)N2Cc3ccccc3C[C@H]2CO)c2cc(Br)ccc21. The van der Waals surface area contributed by atoms with Crippen LogP contribution in [0.1, 0.15) is 30.0 Å². The number of hydrogen-bond acceptors (Lipinski definition) is 4. The number of nitrogens with zero attached hydrogens (tertiary/aromatic N) is 2. The summed E-state index contributed by atoms with van der Waals surface area (Å²) in [4.78, 5) is 29.5. The van der Waals surface area contributed by atoms with Gasteiger partial charge in [0, 0.05) is 35.5 Å². The van der Waals surface area contributed by atoms with Crippen molar-refractivity contribution >= 4 is 33.4 Å². The van der Waals surface area contributed by atoms with E-state index in [-0.39, 0.29) is 25.0 Å². The Hall–Kier alpha value is -2.74. The second kappa shape index (κ2) is 9.86. The number of carbonyl (C=O) groups is 2. The maximum absolute atomic E-state index is 13.2. The third kappa shape index (κ3) is 4.24. The molecule has 7 heteroatoms. The highest BCUT2D eigenvalue weighted by molar-refractivity contribution is 9.10. The predicted octanol–water partition coefficient (Wildman–Crippen LogP) is 3.70. The van der Waals surface area contributed by atoms with Gasteiger partial charge in [-0.3, -0.25) is 9.59 Å². The maximum atomic E-state index is 13.2. The monoisotopic (exact) mass is 524 g/mol. The molecule has 0 saturated carbocycles. The minimum Gasteiger partial charge on any atom is -0.394 e. The summed E-state index contributed by atoms with van der Waals surface area (Å²) in [5, 5.41) is 21.4. The van der Waals surface area contributed by atoms with Gasteiger partial charge in [0.15, 0.2) is 5.60 Å². The molecule has 3 atom stereocenters. The highest BCUT2D eigenvalue weighted by atomic mass is 79.9.